The van der Waals surface area contributed by atoms with Crippen LogP contribution >= 0.6 is 0 Å². The summed E-state index contributed by atoms with van der Waals surface area (Å²) < 4.78 is 19.1. The quantitative estimate of drug-likeness (QED) is 0.802. The number of ether oxygens (including phenoxy) is 1. The molecule has 0 aliphatic rings. The molecular formula is C15H23FN2O2. The molecule has 1 aromatic rings. The normalized spacial score (nSPS) is 12.3. The molecule has 5 heteroatoms. The van der Waals surface area contributed by atoms with E-state index in [9.17, 15) is 9.18 Å². The Balaban J connectivity index is 2.64. The second-order valence-corrected chi connectivity index (χ2v) is 5.40. The van der Waals surface area contributed by atoms with Crippen molar-refractivity contribution >= 4 is 5.91 Å². The molecule has 0 fully saturated rings. The van der Waals surface area contributed by atoms with E-state index in [2.05, 4.69) is 5.32 Å². The molecule has 1 unspecified atom stereocenters. The highest BCUT2D eigenvalue weighted by Gasteiger charge is 2.13. The summed E-state index contributed by atoms with van der Waals surface area (Å²) in [7, 11) is 0. The van der Waals surface area contributed by atoms with Crippen LogP contribution in [0.5, 0.6) is 5.75 Å². The molecule has 0 saturated carbocycles. The molecule has 1 rings (SSSR count). The summed E-state index contributed by atoms with van der Waals surface area (Å²) in [6, 6.07) is 4.58. The van der Waals surface area contributed by atoms with Crippen LogP contribution in [-0.4, -0.2) is 25.1 Å². The van der Waals surface area contributed by atoms with Crippen LogP contribution in [0.15, 0.2) is 18.2 Å². The lowest BCUT2D eigenvalue weighted by Gasteiger charge is -2.14. The Morgan fingerprint density at radius 3 is 2.70 bits per heavy atom. The average molecular weight is 282 g/mol. The maximum Gasteiger partial charge on any atom is 0.257 e. The van der Waals surface area contributed by atoms with Crippen molar-refractivity contribution in [1.29, 1.82) is 0 Å². The second kappa shape index (κ2) is 7.85. The van der Waals surface area contributed by atoms with Crippen molar-refractivity contribution in [3.05, 3.63) is 29.6 Å². The van der Waals surface area contributed by atoms with E-state index in [4.69, 9.17) is 10.5 Å². The van der Waals surface area contributed by atoms with Crippen molar-refractivity contribution in [2.75, 3.05) is 13.2 Å². The third-order valence-electron chi connectivity index (χ3n) is 2.65. The van der Waals surface area contributed by atoms with Gasteiger partial charge in [0.1, 0.15) is 0 Å². The smallest absolute Gasteiger partial charge is 0.257 e. The van der Waals surface area contributed by atoms with Gasteiger partial charge in [0.2, 0.25) is 0 Å². The highest BCUT2D eigenvalue weighted by molar-refractivity contribution is 5.77. The number of benzene rings is 1. The van der Waals surface area contributed by atoms with E-state index in [0.29, 0.717) is 24.4 Å². The van der Waals surface area contributed by atoms with Gasteiger partial charge in [-0.2, -0.15) is 0 Å². The number of carbonyl (C=O) groups is 1. The minimum atomic E-state index is -0.472. The topological polar surface area (TPSA) is 64.3 Å². The highest BCUT2D eigenvalue weighted by Crippen LogP contribution is 2.23. The Hall–Kier alpha value is -1.62. The first-order valence-electron chi connectivity index (χ1n) is 6.82. The summed E-state index contributed by atoms with van der Waals surface area (Å²) in [4.78, 5) is 11.6. The summed E-state index contributed by atoms with van der Waals surface area (Å²) in [5.41, 5.74) is 6.40. The molecule has 4 nitrogen and oxygen atoms in total. The van der Waals surface area contributed by atoms with E-state index in [-0.39, 0.29) is 24.3 Å². The van der Waals surface area contributed by atoms with E-state index in [1.807, 2.05) is 20.8 Å². The SMILES string of the molecule is CC(C)CNC(=O)COc1c(F)cccc1CC(C)N. The van der Waals surface area contributed by atoms with E-state index >= 15 is 0 Å². The minimum Gasteiger partial charge on any atom is -0.480 e. The summed E-state index contributed by atoms with van der Waals surface area (Å²) in [5.74, 6) is -0.251. The van der Waals surface area contributed by atoms with Gasteiger partial charge in [-0.25, -0.2) is 4.39 Å². The summed E-state index contributed by atoms with van der Waals surface area (Å²) in [5, 5.41) is 2.72. The largest absolute Gasteiger partial charge is 0.480 e. The molecule has 1 atom stereocenters. The van der Waals surface area contributed by atoms with Crippen LogP contribution in [0.25, 0.3) is 0 Å². The standard InChI is InChI=1S/C15H23FN2O2/c1-10(2)8-18-14(19)9-20-15-12(7-11(3)17)5-4-6-13(15)16/h4-6,10-11H,7-9,17H2,1-3H3,(H,18,19). The number of nitrogens with two attached hydrogens (primary N) is 1. The monoisotopic (exact) mass is 282 g/mol. The van der Waals surface area contributed by atoms with E-state index in [0.717, 1.165) is 0 Å². The first-order valence-corrected chi connectivity index (χ1v) is 6.82. The number of nitrogens with one attached hydrogen (secondary N) is 1. The van der Waals surface area contributed by atoms with Crippen molar-refractivity contribution < 1.29 is 13.9 Å². The second-order valence-electron chi connectivity index (χ2n) is 5.40. The number of halogens is 1. The summed E-state index contributed by atoms with van der Waals surface area (Å²) >= 11 is 0. The van der Waals surface area contributed by atoms with Crippen LogP contribution in [0.4, 0.5) is 4.39 Å². The van der Waals surface area contributed by atoms with Gasteiger partial charge in [0.05, 0.1) is 0 Å². The van der Waals surface area contributed by atoms with Crippen LogP contribution in [0, 0.1) is 11.7 Å². The zero-order valence-electron chi connectivity index (χ0n) is 12.3. The van der Waals surface area contributed by atoms with Gasteiger partial charge < -0.3 is 15.8 Å². The van der Waals surface area contributed by atoms with Gasteiger partial charge in [0.15, 0.2) is 18.2 Å². The molecule has 0 aromatic heterocycles. The predicted octanol–water partition coefficient (Wildman–Crippen LogP) is 1.87. The molecule has 3 N–H and O–H groups in total. The number of hydrogen-bond acceptors (Lipinski definition) is 3. The molecule has 1 aromatic carbocycles. The molecule has 0 aliphatic carbocycles. The summed E-state index contributed by atoms with van der Waals surface area (Å²) in [6.45, 7) is 6.22. The lowest BCUT2D eigenvalue weighted by Crippen LogP contribution is -2.32. The van der Waals surface area contributed by atoms with Crippen LogP contribution < -0.4 is 15.8 Å². The molecule has 0 radical (unpaired) electrons. The van der Waals surface area contributed by atoms with Crippen LogP contribution in [-0.2, 0) is 11.2 Å². The molecule has 0 aliphatic heterocycles. The number of carbonyl (C=O) groups excluding carboxylic acids is 1. The predicted molar refractivity (Wildman–Crippen MR) is 77.1 cm³/mol. The lowest BCUT2D eigenvalue weighted by molar-refractivity contribution is -0.123. The fourth-order valence-electron chi connectivity index (χ4n) is 1.73. The van der Waals surface area contributed by atoms with E-state index in [1.54, 1.807) is 12.1 Å². The van der Waals surface area contributed by atoms with Gasteiger partial charge in [0.25, 0.3) is 5.91 Å². The van der Waals surface area contributed by atoms with E-state index in [1.165, 1.54) is 6.07 Å². The fraction of sp³-hybridized carbons (Fsp3) is 0.533. The molecule has 0 spiro atoms. The van der Waals surface area contributed by atoms with Crippen molar-refractivity contribution in [1.82, 2.24) is 5.32 Å². The number of amides is 1. The van der Waals surface area contributed by atoms with Crippen molar-refractivity contribution in [2.45, 2.75) is 33.2 Å². The molecule has 0 bridgehead atoms. The van der Waals surface area contributed by atoms with Gasteiger partial charge in [-0.05, 0) is 30.9 Å². The van der Waals surface area contributed by atoms with Crippen molar-refractivity contribution in [2.24, 2.45) is 11.7 Å². The number of hydrogen-bond donors (Lipinski definition) is 2. The zero-order chi connectivity index (χ0) is 15.1. The van der Waals surface area contributed by atoms with Crippen molar-refractivity contribution in [3.63, 3.8) is 0 Å². The maximum absolute atomic E-state index is 13.8. The van der Waals surface area contributed by atoms with Gasteiger partial charge >= 0.3 is 0 Å². The summed E-state index contributed by atoms with van der Waals surface area (Å²) in [6.07, 6.45) is 0.501. The van der Waals surface area contributed by atoms with Gasteiger partial charge in [-0.3, -0.25) is 4.79 Å². The zero-order valence-corrected chi connectivity index (χ0v) is 12.3. The lowest BCUT2D eigenvalue weighted by atomic mass is 10.1. The molecular weight excluding hydrogens is 259 g/mol. The fourth-order valence-corrected chi connectivity index (χ4v) is 1.73. The van der Waals surface area contributed by atoms with Crippen LogP contribution in [0.2, 0.25) is 0 Å². The third-order valence-corrected chi connectivity index (χ3v) is 2.65. The van der Waals surface area contributed by atoms with Gasteiger partial charge in [0, 0.05) is 12.6 Å². The minimum absolute atomic E-state index is 0.103. The van der Waals surface area contributed by atoms with Gasteiger partial charge in [-0.1, -0.05) is 26.0 Å². The van der Waals surface area contributed by atoms with Gasteiger partial charge in [-0.15, -0.1) is 0 Å². The molecule has 0 heterocycles. The number of rotatable bonds is 7. The van der Waals surface area contributed by atoms with Crippen molar-refractivity contribution in [3.8, 4) is 5.75 Å². The van der Waals surface area contributed by atoms with E-state index < -0.39 is 5.82 Å². The Morgan fingerprint density at radius 2 is 2.10 bits per heavy atom. The molecule has 1 amide bonds. The maximum atomic E-state index is 13.8. The first-order chi connectivity index (χ1) is 9.40. The Bertz CT molecular complexity index is 447. The molecule has 112 valence electrons. The highest BCUT2D eigenvalue weighted by atomic mass is 19.1. The Morgan fingerprint density at radius 1 is 1.40 bits per heavy atom. The first kappa shape index (κ1) is 16.4. The third kappa shape index (κ3) is 5.57. The molecule has 20 heavy (non-hydrogen) atoms. The Labute approximate surface area is 119 Å². The Kier molecular flexibility index (Phi) is 6.45. The van der Waals surface area contributed by atoms with Crippen LogP contribution in [0.3, 0.4) is 0 Å². The molecule has 0 saturated heterocycles. The number of para-hydroxylation sites is 1. The van der Waals surface area contributed by atoms with Crippen LogP contribution in [0.1, 0.15) is 26.3 Å². The average Bonchev–Trinajstić information content (AvgIpc) is 2.35.